The molecule has 0 radical (unpaired) electrons. The van der Waals surface area contributed by atoms with Crippen molar-refractivity contribution in [1.29, 1.82) is 0 Å². The zero-order valence-corrected chi connectivity index (χ0v) is 13.2. The van der Waals surface area contributed by atoms with Gasteiger partial charge in [-0.1, -0.05) is 15.9 Å². The molecule has 1 unspecified atom stereocenters. The van der Waals surface area contributed by atoms with E-state index in [0.29, 0.717) is 18.2 Å². The number of hydrogen-bond donors (Lipinski definition) is 0. The van der Waals surface area contributed by atoms with E-state index in [1.807, 2.05) is 0 Å². The number of ether oxygens (including phenoxy) is 1. The van der Waals surface area contributed by atoms with Crippen molar-refractivity contribution in [2.45, 2.75) is 45.9 Å². The van der Waals surface area contributed by atoms with Gasteiger partial charge in [0.15, 0.2) is 0 Å². The van der Waals surface area contributed by atoms with Crippen LogP contribution in [-0.2, 0) is 4.74 Å². The first kappa shape index (κ1) is 15.4. The summed E-state index contributed by atoms with van der Waals surface area (Å²) in [6, 6.07) is 1.22. The Morgan fingerprint density at radius 3 is 2.59 bits per heavy atom. The Labute approximate surface area is 115 Å². The van der Waals surface area contributed by atoms with Gasteiger partial charge in [-0.25, -0.2) is 0 Å². The zero-order valence-electron chi connectivity index (χ0n) is 11.7. The number of hydrogen-bond acceptors (Lipinski definition) is 3. The molecule has 0 spiro atoms. The molecule has 1 heterocycles. The van der Waals surface area contributed by atoms with Crippen LogP contribution < -0.4 is 0 Å². The van der Waals surface area contributed by atoms with Crippen molar-refractivity contribution in [3.63, 3.8) is 0 Å². The van der Waals surface area contributed by atoms with Crippen molar-refractivity contribution < 1.29 is 4.74 Å². The molecule has 1 aliphatic rings. The van der Waals surface area contributed by atoms with Crippen LogP contribution in [0.5, 0.6) is 0 Å². The summed E-state index contributed by atoms with van der Waals surface area (Å²) in [7, 11) is 0. The summed E-state index contributed by atoms with van der Waals surface area (Å²) in [4.78, 5) is 5.00. The SMILES string of the molecule is CC(C)N(CCBr)CC1CN(C(C)C)CCO1. The van der Waals surface area contributed by atoms with Crippen LogP contribution in [0.15, 0.2) is 0 Å². The maximum atomic E-state index is 5.89. The van der Waals surface area contributed by atoms with Gasteiger partial charge in [-0.15, -0.1) is 0 Å². The molecule has 0 aliphatic carbocycles. The lowest BCUT2D eigenvalue weighted by atomic mass is 10.2. The molecule has 4 heteroatoms. The Bertz CT molecular complexity index is 212. The molecule has 1 aliphatic heterocycles. The van der Waals surface area contributed by atoms with Crippen molar-refractivity contribution in [2.24, 2.45) is 0 Å². The summed E-state index contributed by atoms with van der Waals surface area (Å²) >= 11 is 3.53. The van der Waals surface area contributed by atoms with Crippen LogP contribution in [0.3, 0.4) is 0 Å². The third-order valence-corrected chi connectivity index (χ3v) is 3.80. The highest BCUT2D eigenvalue weighted by atomic mass is 79.9. The van der Waals surface area contributed by atoms with Crippen LogP contribution in [0.1, 0.15) is 27.7 Å². The summed E-state index contributed by atoms with van der Waals surface area (Å²) in [5.41, 5.74) is 0. The lowest BCUT2D eigenvalue weighted by Gasteiger charge is -2.38. The molecule has 1 atom stereocenters. The van der Waals surface area contributed by atoms with E-state index in [4.69, 9.17) is 4.74 Å². The molecule has 17 heavy (non-hydrogen) atoms. The van der Waals surface area contributed by atoms with Crippen molar-refractivity contribution in [2.75, 3.05) is 38.1 Å². The Hall–Kier alpha value is 0.360. The van der Waals surface area contributed by atoms with Crippen LogP contribution in [0, 0.1) is 0 Å². The second-order valence-corrected chi connectivity index (χ2v) is 6.15. The van der Waals surface area contributed by atoms with E-state index in [1.54, 1.807) is 0 Å². The van der Waals surface area contributed by atoms with E-state index in [-0.39, 0.29) is 0 Å². The van der Waals surface area contributed by atoms with E-state index in [9.17, 15) is 0 Å². The Balaban J connectivity index is 2.43. The van der Waals surface area contributed by atoms with Gasteiger partial charge >= 0.3 is 0 Å². The van der Waals surface area contributed by atoms with Gasteiger partial charge in [0.2, 0.25) is 0 Å². The topological polar surface area (TPSA) is 15.7 Å². The van der Waals surface area contributed by atoms with Gasteiger partial charge in [-0.05, 0) is 27.7 Å². The van der Waals surface area contributed by atoms with Crippen molar-refractivity contribution in [1.82, 2.24) is 9.80 Å². The second-order valence-electron chi connectivity index (χ2n) is 5.36. The van der Waals surface area contributed by atoms with Crippen LogP contribution in [0.2, 0.25) is 0 Å². The molecule has 0 aromatic carbocycles. The van der Waals surface area contributed by atoms with E-state index >= 15 is 0 Å². The lowest BCUT2D eigenvalue weighted by Crippen LogP contribution is -2.51. The number of morpholine rings is 1. The molecule has 0 amide bonds. The predicted molar refractivity (Wildman–Crippen MR) is 77.0 cm³/mol. The zero-order chi connectivity index (χ0) is 12.8. The first-order valence-electron chi connectivity index (χ1n) is 6.70. The largest absolute Gasteiger partial charge is 0.374 e. The molecular formula is C13H27BrN2O. The monoisotopic (exact) mass is 306 g/mol. The molecule has 0 aromatic heterocycles. The number of alkyl halides is 1. The lowest BCUT2D eigenvalue weighted by molar-refractivity contribution is -0.0546. The van der Waals surface area contributed by atoms with Crippen molar-refractivity contribution in [3.8, 4) is 0 Å². The fraction of sp³-hybridized carbons (Fsp3) is 1.00. The molecule has 0 bridgehead atoms. The average Bonchev–Trinajstić information content (AvgIpc) is 2.28. The highest BCUT2D eigenvalue weighted by molar-refractivity contribution is 9.09. The number of nitrogens with zero attached hydrogens (tertiary/aromatic N) is 2. The minimum Gasteiger partial charge on any atom is -0.374 e. The third-order valence-electron chi connectivity index (χ3n) is 3.44. The summed E-state index contributed by atoms with van der Waals surface area (Å²) in [5, 5.41) is 1.03. The van der Waals surface area contributed by atoms with Gasteiger partial charge in [0, 0.05) is 43.6 Å². The number of rotatable bonds is 6. The fourth-order valence-corrected chi connectivity index (χ4v) is 2.71. The van der Waals surface area contributed by atoms with Gasteiger partial charge in [-0.2, -0.15) is 0 Å². The van der Waals surface area contributed by atoms with E-state index in [0.717, 1.165) is 38.1 Å². The van der Waals surface area contributed by atoms with Crippen LogP contribution >= 0.6 is 15.9 Å². The minimum atomic E-state index is 0.368. The van der Waals surface area contributed by atoms with Gasteiger partial charge in [0.1, 0.15) is 0 Å². The van der Waals surface area contributed by atoms with Crippen molar-refractivity contribution >= 4 is 15.9 Å². The first-order valence-corrected chi connectivity index (χ1v) is 7.82. The molecule has 1 rings (SSSR count). The molecule has 1 saturated heterocycles. The highest BCUT2D eigenvalue weighted by Crippen LogP contribution is 2.11. The minimum absolute atomic E-state index is 0.368. The molecule has 0 N–H and O–H groups in total. The van der Waals surface area contributed by atoms with Gasteiger partial charge in [0.25, 0.3) is 0 Å². The molecule has 102 valence electrons. The fourth-order valence-electron chi connectivity index (χ4n) is 2.25. The summed E-state index contributed by atoms with van der Waals surface area (Å²) in [6.07, 6.45) is 0.368. The van der Waals surface area contributed by atoms with E-state index in [2.05, 4.69) is 53.4 Å². The standard InChI is InChI=1S/C13H27BrN2O/c1-11(2)15(6-5-14)9-13-10-16(12(3)4)7-8-17-13/h11-13H,5-10H2,1-4H3. The molecule has 1 fully saturated rings. The smallest absolute Gasteiger partial charge is 0.0829 e. The van der Waals surface area contributed by atoms with Crippen LogP contribution in [-0.4, -0.2) is 66.1 Å². The Morgan fingerprint density at radius 2 is 2.06 bits per heavy atom. The third kappa shape index (κ3) is 5.25. The number of halogens is 1. The maximum Gasteiger partial charge on any atom is 0.0829 e. The van der Waals surface area contributed by atoms with Crippen LogP contribution in [0.25, 0.3) is 0 Å². The Morgan fingerprint density at radius 1 is 1.35 bits per heavy atom. The Kier molecular flexibility index (Phi) is 7.00. The predicted octanol–water partition coefficient (Wildman–Crippen LogP) is 2.20. The maximum absolute atomic E-state index is 5.89. The molecule has 0 saturated carbocycles. The highest BCUT2D eigenvalue weighted by Gasteiger charge is 2.24. The van der Waals surface area contributed by atoms with Gasteiger partial charge < -0.3 is 4.74 Å². The van der Waals surface area contributed by atoms with Crippen LogP contribution in [0.4, 0.5) is 0 Å². The van der Waals surface area contributed by atoms with Gasteiger partial charge in [-0.3, -0.25) is 9.80 Å². The summed E-state index contributed by atoms with van der Waals surface area (Å²) in [6.45, 7) is 14.2. The molecule has 0 aromatic rings. The molecular weight excluding hydrogens is 280 g/mol. The van der Waals surface area contributed by atoms with E-state index < -0.39 is 0 Å². The van der Waals surface area contributed by atoms with Gasteiger partial charge in [0.05, 0.1) is 12.7 Å². The quantitative estimate of drug-likeness (QED) is 0.700. The molecule has 3 nitrogen and oxygen atoms in total. The first-order chi connectivity index (χ1) is 8.04. The summed E-state index contributed by atoms with van der Waals surface area (Å²) < 4.78 is 5.89. The van der Waals surface area contributed by atoms with Crippen molar-refractivity contribution in [3.05, 3.63) is 0 Å². The van der Waals surface area contributed by atoms with E-state index in [1.165, 1.54) is 0 Å². The average molecular weight is 307 g/mol. The normalized spacial score (nSPS) is 22.9. The summed E-state index contributed by atoms with van der Waals surface area (Å²) in [5.74, 6) is 0. The second kappa shape index (κ2) is 7.72.